The molecular weight excluding hydrogens is 222 g/mol. The van der Waals surface area contributed by atoms with Crippen LogP contribution in [0.15, 0.2) is 36.4 Å². The lowest BCUT2D eigenvalue weighted by atomic mass is 10.1. The maximum Gasteiger partial charge on any atom is 0.246 e. The number of amides is 1. The van der Waals surface area contributed by atoms with Gasteiger partial charge in [-0.05, 0) is 30.9 Å². The highest BCUT2D eigenvalue weighted by Gasteiger charge is 2.13. The molecule has 0 unspecified atom stereocenters. The van der Waals surface area contributed by atoms with E-state index in [4.69, 9.17) is 0 Å². The molecule has 0 radical (unpaired) electrons. The zero-order chi connectivity index (χ0) is 12.8. The quantitative estimate of drug-likeness (QED) is 0.728. The summed E-state index contributed by atoms with van der Waals surface area (Å²) in [5, 5.41) is 0. The summed E-state index contributed by atoms with van der Waals surface area (Å²) in [7, 11) is 0. The number of hydrogen-bond acceptors (Lipinski definition) is 1. The topological polar surface area (TPSA) is 20.3 Å². The van der Waals surface area contributed by atoms with Gasteiger partial charge >= 0.3 is 0 Å². The largest absolute Gasteiger partial charge is 0.339 e. The second kappa shape index (κ2) is 6.39. The molecule has 0 atom stereocenters. The summed E-state index contributed by atoms with van der Waals surface area (Å²) in [6, 6.07) is 10.1. The van der Waals surface area contributed by atoms with Crippen molar-refractivity contribution in [3.63, 3.8) is 0 Å². The van der Waals surface area contributed by atoms with Gasteiger partial charge in [0.05, 0.1) is 0 Å². The molecule has 1 aliphatic heterocycles. The number of hydrogen-bond donors (Lipinski definition) is 0. The zero-order valence-electron chi connectivity index (χ0n) is 11.1. The molecular formula is C16H21NO. The maximum atomic E-state index is 12.2. The average molecular weight is 243 g/mol. The molecule has 2 rings (SSSR count). The molecule has 0 bridgehead atoms. The molecule has 96 valence electrons. The number of nitrogens with zero attached hydrogens (tertiary/aromatic N) is 1. The first kappa shape index (κ1) is 12.9. The van der Waals surface area contributed by atoms with Crippen LogP contribution in [0.5, 0.6) is 0 Å². The van der Waals surface area contributed by atoms with E-state index in [1.807, 2.05) is 42.2 Å². The van der Waals surface area contributed by atoms with Gasteiger partial charge in [-0.25, -0.2) is 0 Å². The van der Waals surface area contributed by atoms with Gasteiger partial charge in [-0.15, -0.1) is 0 Å². The van der Waals surface area contributed by atoms with Gasteiger partial charge in [0.1, 0.15) is 0 Å². The molecule has 1 aromatic rings. The number of carbonyl (C=O) groups is 1. The van der Waals surface area contributed by atoms with Gasteiger partial charge in [-0.3, -0.25) is 4.79 Å². The van der Waals surface area contributed by atoms with Crippen LogP contribution < -0.4 is 0 Å². The first-order valence-electron chi connectivity index (χ1n) is 6.80. The predicted molar refractivity (Wildman–Crippen MR) is 75.1 cm³/mol. The minimum absolute atomic E-state index is 0.165. The van der Waals surface area contributed by atoms with Gasteiger partial charge in [0, 0.05) is 19.2 Å². The lowest BCUT2D eigenvalue weighted by molar-refractivity contribution is -0.125. The van der Waals surface area contributed by atoms with Crippen LogP contribution in [-0.4, -0.2) is 23.9 Å². The van der Waals surface area contributed by atoms with Crippen LogP contribution in [0.2, 0.25) is 0 Å². The summed E-state index contributed by atoms with van der Waals surface area (Å²) < 4.78 is 0. The Morgan fingerprint density at radius 2 is 1.67 bits per heavy atom. The Morgan fingerprint density at radius 3 is 2.28 bits per heavy atom. The van der Waals surface area contributed by atoms with Crippen molar-refractivity contribution in [1.82, 2.24) is 4.90 Å². The fraction of sp³-hybridized carbons (Fsp3) is 0.438. The van der Waals surface area contributed by atoms with Crippen molar-refractivity contribution >= 4 is 11.5 Å². The molecule has 2 heteroatoms. The SMILES string of the molecule is C/C(=C\C(=O)N1CCCCCC1)c1ccccc1. The fourth-order valence-electron chi connectivity index (χ4n) is 2.35. The highest BCUT2D eigenvalue weighted by Crippen LogP contribution is 2.15. The summed E-state index contributed by atoms with van der Waals surface area (Å²) in [4.78, 5) is 14.2. The maximum absolute atomic E-state index is 12.2. The highest BCUT2D eigenvalue weighted by atomic mass is 16.2. The first-order valence-corrected chi connectivity index (χ1v) is 6.80. The Balaban J connectivity index is 2.05. The Kier molecular flexibility index (Phi) is 4.57. The van der Waals surface area contributed by atoms with Crippen molar-refractivity contribution < 1.29 is 4.79 Å². The summed E-state index contributed by atoms with van der Waals surface area (Å²) in [6.45, 7) is 3.83. The van der Waals surface area contributed by atoms with Gasteiger partial charge < -0.3 is 4.90 Å². The Bertz CT molecular complexity index is 414. The fourth-order valence-corrected chi connectivity index (χ4v) is 2.35. The van der Waals surface area contributed by atoms with E-state index in [0.29, 0.717) is 0 Å². The molecule has 18 heavy (non-hydrogen) atoms. The van der Waals surface area contributed by atoms with Crippen molar-refractivity contribution in [2.75, 3.05) is 13.1 Å². The number of likely N-dealkylation sites (tertiary alicyclic amines) is 1. The molecule has 0 spiro atoms. The van der Waals surface area contributed by atoms with Gasteiger partial charge in [-0.2, -0.15) is 0 Å². The van der Waals surface area contributed by atoms with E-state index >= 15 is 0 Å². The number of rotatable bonds is 2. The second-order valence-corrected chi connectivity index (χ2v) is 4.93. The van der Waals surface area contributed by atoms with E-state index in [0.717, 1.165) is 37.1 Å². The van der Waals surface area contributed by atoms with Crippen LogP contribution in [0.4, 0.5) is 0 Å². The Morgan fingerprint density at radius 1 is 1.06 bits per heavy atom. The van der Waals surface area contributed by atoms with Crippen molar-refractivity contribution in [2.24, 2.45) is 0 Å². The van der Waals surface area contributed by atoms with Crippen molar-refractivity contribution in [3.8, 4) is 0 Å². The van der Waals surface area contributed by atoms with Crippen molar-refractivity contribution in [3.05, 3.63) is 42.0 Å². The smallest absolute Gasteiger partial charge is 0.246 e. The van der Waals surface area contributed by atoms with Crippen LogP contribution in [0.1, 0.15) is 38.2 Å². The molecule has 1 aromatic carbocycles. The molecule has 1 amide bonds. The number of carbonyl (C=O) groups excluding carboxylic acids is 1. The van der Waals surface area contributed by atoms with E-state index in [1.54, 1.807) is 6.08 Å². The van der Waals surface area contributed by atoms with E-state index in [-0.39, 0.29) is 5.91 Å². The Hall–Kier alpha value is -1.57. The Labute approximate surface area is 109 Å². The monoisotopic (exact) mass is 243 g/mol. The summed E-state index contributed by atoms with van der Waals surface area (Å²) in [5.41, 5.74) is 2.17. The lowest BCUT2D eigenvalue weighted by Crippen LogP contribution is -2.30. The van der Waals surface area contributed by atoms with Gasteiger partial charge in [0.15, 0.2) is 0 Å². The van der Waals surface area contributed by atoms with Gasteiger partial charge in [0.2, 0.25) is 5.91 Å². The third kappa shape index (κ3) is 3.46. The standard InChI is InChI=1S/C16H21NO/c1-14(15-9-5-4-6-10-15)13-16(18)17-11-7-2-3-8-12-17/h4-6,9-10,13H,2-3,7-8,11-12H2,1H3/b14-13+. The second-order valence-electron chi connectivity index (χ2n) is 4.93. The number of allylic oxidation sites excluding steroid dienone is 1. The van der Waals surface area contributed by atoms with Gasteiger partial charge in [0.25, 0.3) is 0 Å². The van der Waals surface area contributed by atoms with E-state index in [2.05, 4.69) is 0 Å². The molecule has 1 saturated heterocycles. The molecule has 2 nitrogen and oxygen atoms in total. The first-order chi connectivity index (χ1) is 8.77. The van der Waals surface area contributed by atoms with Crippen LogP contribution in [0, 0.1) is 0 Å². The van der Waals surface area contributed by atoms with Crippen LogP contribution >= 0.6 is 0 Å². The molecule has 1 aliphatic rings. The molecule has 0 aliphatic carbocycles. The lowest BCUT2D eigenvalue weighted by Gasteiger charge is -2.18. The summed E-state index contributed by atoms with van der Waals surface area (Å²) >= 11 is 0. The van der Waals surface area contributed by atoms with E-state index in [9.17, 15) is 4.79 Å². The molecule has 0 saturated carbocycles. The molecule has 0 N–H and O–H groups in total. The van der Waals surface area contributed by atoms with E-state index < -0.39 is 0 Å². The normalized spacial score (nSPS) is 17.4. The third-order valence-electron chi connectivity index (χ3n) is 3.49. The zero-order valence-corrected chi connectivity index (χ0v) is 11.1. The minimum Gasteiger partial charge on any atom is -0.339 e. The summed E-state index contributed by atoms with van der Waals surface area (Å²) in [6.07, 6.45) is 6.57. The van der Waals surface area contributed by atoms with Crippen molar-refractivity contribution in [1.29, 1.82) is 0 Å². The van der Waals surface area contributed by atoms with Crippen LogP contribution in [-0.2, 0) is 4.79 Å². The predicted octanol–water partition coefficient (Wildman–Crippen LogP) is 3.49. The minimum atomic E-state index is 0.165. The molecule has 0 aromatic heterocycles. The summed E-state index contributed by atoms with van der Waals surface area (Å²) in [5.74, 6) is 0.165. The number of benzene rings is 1. The van der Waals surface area contributed by atoms with Crippen LogP contribution in [0.3, 0.4) is 0 Å². The molecule has 1 fully saturated rings. The van der Waals surface area contributed by atoms with Crippen molar-refractivity contribution in [2.45, 2.75) is 32.6 Å². The third-order valence-corrected chi connectivity index (χ3v) is 3.49. The highest BCUT2D eigenvalue weighted by molar-refractivity contribution is 5.94. The van der Waals surface area contributed by atoms with Gasteiger partial charge in [-0.1, -0.05) is 43.2 Å². The van der Waals surface area contributed by atoms with E-state index in [1.165, 1.54) is 12.8 Å². The van der Waals surface area contributed by atoms with Crippen LogP contribution in [0.25, 0.3) is 5.57 Å². The average Bonchev–Trinajstić information content (AvgIpc) is 2.68. The molecule has 1 heterocycles.